The Bertz CT molecular complexity index is 243. The highest BCUT2D eigenvalue weighted by atomic mass is 16.5. The smallest absolute Gasteiger partial charge is 0.404 e. The Labute approximate surface area is 96.7 Å². The zero-order chi connectivity index (χ0) is 12.2. The second kappa shape index (κ2) is 5.50. The van der Waals surface area contributed by atoms with Crippen LogP contribution in [0, 0.1) is 5.41 Å². The lowest BCUT2D eigenvalue weighted by Gasteiger charge is -2.51. The van der Waals surface area contributed by atoms with E-state index in [1.54, 1.807) is 0 Å². The van der Waals surface area contributed by atoms with E-state index in [2.05, 4.69) is 23.9 Å². The van der Waals surface area contributed by atoms with Crippen LogP contribution in [-0.4, -0.2) is 38.0 Å². The summed E-state index contributed by atoms with van der Waals surface area (Å²) in [5, 5.41) is 3.34. The van der Waals surface area contributed by atoms with Crippen LogP contribution >= 0.6 is 0 Å². The number of hydrogen-bond acceptors (Lipinski definition) is 4. The Morgan fingerprint density at radius 2 is 2.25 bits per heavy atom. The van der Waals surface area contributed by atoms with Gasteiger partial charge in [-0.1, -0.05) is 13.8 Å². The first-order valence-corrected chi connectivity index (χ1v) is 5.75. The van der Waals surface area contributed by atoms with E-state index in [1.807, 2.05) is 6.92 Å². The van der Waals surface area contributed by atoms with Crippen molar-refractivity contribution in [2.45, 2.75) is 39.3 Å². The molecule has 16 heavy (non-hydrogen) atoms. The van der Waals surface area contributed by atoms with Gasteiger partial charge in [-0.25, -0.2) is 4.79 Å². The normalized spacial score (nSPS) is 27.2. The van der Waals surface area contributed by atoms with Gasteiger partial charge in [-0.15, -0.1) is 0 Å². The molecule has 5 nitrogen and oxygen atoms in total. The van der Waals surface area contributed by atoms with Gasteiger partial charge >= 0.3 is 6.09 Å². The fourth-order valence-electron chi connectivity index (χ4n) is 2.10. The van der Waals surface area contributed by atoms with Crippen molar-refractivity contribution in [2.24, 2.45) is 11.1 Å². The van der Waals surface area contributed by atoms with E-state index in [0.29, 0.717) is 25.3 Å². The Morgan fingerprint density at radius 1 is 1.56 bits per heavy atom. The lowest BCUT2D eigenvalue weighted by Crippen LogP contribution is -2.61. The zero-order valence-corrected chi connectivity index (χ0v) is 10.3. The van der Waals surface area contributed by atoms with Crippen LogP contribution in [0.5, 0.6) is 0 Å². The predicted octanol–water partition coefficient (Wildman–Crippen LogP) is 0.875. The second-order valence-electron chi connectivity index (χ2n) is 4.68. The molecule has 1 aliphatic carbocycles. The Kier molecular flexibility index (Phi) is 4.56. The molecule has 0 spiro atoms. The summed E-state index contributed by atoms with van der Waals surface area (Å²) in [5.41, 5.74) is 5.00. The van der Waals surface area contributed by atoms with Gasteiger partial charge in [-0.05, 0) is 13.3 Å². The van der Waals surface area contributed by atoms with Crippen LogP contribution in [0.15, 0.2) is 0 Å². The standard InChI is InChI=1S/C11H22N2O3/c1-4-15-9-7-8(11(9,2)3)13-5-6-16-10(12)14/h8-9,13H,4-7H2,1-3H3,(H2,12,14). The summed E-state index contributed by atoms with van der Waals surface area (Å²) in [4.78, 5) is 10.3. The molecule has 1 rings (SSSR count). The number of ether oxygens (including phenoxy) is 2. The van der Waals surface area contributed by atoms with E-state index in [4.69, 9.17) is 10.5 Å². The summed E-state index contributed by atoms with van der Waals surface area (Å²) in [6.07, 6.45) is 0.617. The van der Waals surface area contributed by atoms with Crippen LogP contribution in [-0.2, 0) is 9.47 Å². The average molecular weight is 230 g/mol. The fourth-order valence-corrected chi connectivity index (χ4v) is 2.10. The highest BCUT2D eigenvalue weighted by Crippen LogP contribution is 2.42. The largest absolute Gasteiger partial charge is 0.448 e. The molecule has 5 heteroatoms. The van der Waals surface area contributed by atoms with Gasteiger partial charge in [0.05, 0.1) is 6.10 Å². The number of carbonyl (C=O) groups is 1. The van der Waals surface area contributed by atoms with Gasteiger partial charge in [0.15, 0.2) is 0 Å². The molecule has 0 radical (unpaired) electrons. The Morgan fingerprint density at radius 3 is 2.75 bits per heavy atom. The third-order valence-corrected chi connectivity index (χ3v) is 3.28. The van der Waals surface area contributed by atoms with Crippen molar-refractivity contribution in [3.63, 3.8) is 0 Å². The maximum Gasteiger partial charge on any atom is 0.404 e. The first-order chi connectivity index (χ1) is 7.48. The van der Waals surface area contributed by atoms with E-state index >= 15 is 0 Å². The van der Waals surface area contributed by atoms with Crippen molar-refractivity contribution in [1.82, 2.24) is 5.32 Å². The van der Waals surface area contributed by atoms with Crippen LogP contribution < -0.4 is 11.1 Å². The number of hydrogen-bond donors (Lipinski definition) is 2. The minimum absolute atomic E-state index is 0.142. The third-order valence-electron chi connectivity index (χ3n) is 3.28. The van der Waals surface area contributed by atoms with Gasteiger partial charge in [0.25, 0.3) is 0 Å². The first kappa shape index (κ1) is 13.3. The van der Waals surface area contributed by atoms with E-state index in [9.17, 15) is 4.79 Å². The van der Waals surface area contributed by atoms with Crippen LogP contribution in [0.4, 0.5) is 4.79 Å². The Balaban J connectivity index is 2.18. The molecule has 0 aromatic rings. The van der Waals surface area contributed by atoms with Gasteiger partial charge in [0.1, 0.15) is 6.61 Å². The van der Waals surface area contributed by atoms with Gasteiger partial charge in [-0.3, -0.25) is 0 Å². The lowest BCUT2D eigenvalue weighted by molar-refractivity contribution is -0.114. The molecule has 1 amide bonds. The number of carbonyl (C=O) groups excluding carboxylic acids is 1. The Hall–Kier alpha value is -0.810. The zero-order valence-electron chi connectivity index (χ0n) is 10.3. The van der Waals surface area contributed by atoms with Crippen molar-refractivity contribution < 1.29 is 14.3 Å². The molecular formula is C11H22N2O3. The van der Waals surface area contributed by atoms with Crippen molar-refractivity contribution in [3.8, 4) is 0 Å². The van der Waals surface area contributed by atoms with Crippen molar-refractivity contribution in [3.05, 3.63) is 0 Å². The number of amides is 1. The van der Waals surface area contributed by atoms with Crippen molar-refractivity contribution >= 4 is 6.09 Å². The summed E-state index contributed by atoms with van der Waals surface area (Å²) >= 11 is 0. The van der Waals surface area contributed by atoms with Gasteiger partial charge in [0.2, 0.25) is 0 Å². The molecule has 0 heterocycles. The molecule has 0 aromatic heterocycles. The van der Waals surface area contributed by atoms with Gasteiger partial charge in [0, 0.05) is 24.6 Å². The highest BCUT2D eigenvalue weighted by Gasteiger charge is 2.48. The minimum Gasteiger partial charge on any atom is -0.448 e. The summed E-state index contributed by atoms with van der Waals surface area (Å²) in [7, 11) is 0. The first-order valence-electron chi connectivity index (χ1n) is 5.75. The third kappa shape index (κ3) is 3.09. The quantitative estimate of drug-likeness (QED) is 0.664. The molecule has 0 aliphatic heterocycles. The molecule has 1 fully saturated rings. The number of nitrogens with one attached hydrogen (secondary N) is 1. The summed E-state index contributed by atoms with van der Waals surface area (Å²) < 4.78 is 10.3. The predicted molar refractivity (Wildman–Crippen MR) is 61.1 cm³/mol. The van der Waals surface area contributed by atoms with Gasteiger partial charge < -0.3 is 20.5 Å². The molecule has 94 valence electrons. The van der Waals surface area contributed by atoms with Crippen molar-refractivity contribution in [1.29, 1.82) is 0 Å². The number of rotatable bonds is 6. The molecule has 0 saturated heterocycles. The minimum atomic E-state index is -0.720. The fraction of sp³-hybridized carbons (Fsp3) is 0.909. The van der Waals surface area contributed by atoms with Crippen molar-refractivity contribution in [2.75, 3.05) is 19.8 Å². The van der Waals surface area contributed by atoms with E-state index in [1.165, 1.54) is 0 Å². The maximum atomic E-state index is 10.3. The maximum absolute atomic E-state index is 10.3. The second-order valence-corrected chi connectivity index (χ2v) is 4.68. The number of nitrogens with two attached hydrogens (primary N) is 1. The molecule has 2 atom stereocenters. The lowest BCUT2D eigenvalue weighted by atomic mass is 9.64. The highest BCUT2D eigenvalue weighted by molar-refractivity contribution is 5.64. The molecule has 2 unspecified atom stereocenters. The van der Waals surface area contributed by atoms with E-state index in [0.717, 1.165) is 13.0 Å². The summed E-state index contributed by atoms with van der Waals surface area (Å²) in [6.45, 7) is 8.09. The molecule has 0 bridgehead atoms. The van der Waals surface area contributed by atoms with Crippen LogP contribution in [0.1, 0.15) is 27.2 Å². The van der Waals surface area contributed by atoms with E-state index in [-0.39, 0.29) is 5.41 Å². The summed E-state index contributed by atoms with van der Waals surface area (Å²) in [6, 6.07) is 0.417. The summed E-state index contributed by atoms with van der Waals surface area (Å²) in [5.74, 6) is 0. The SMILES string of the molecule is CCOC1CC(NCCOC(N)=O)C1(C)C. The molecule has 1 aliphatic rings. The molecule has 3 N–H and O–H groups in total. The van der Waals surface area contributed by atoms with Crippen LogP contribution in [0.2, 0.25) is 0 Å². The van der Waals surface area contributed by atoms with Crippen LogP contribution in [0.3, 0.4) is 0 Å². The average Bonchev–Trinajstić information content (AvgIpc) is 2.20. The van der Waals surface area contributed by atoms with Gasteiger partial charge in [-0.2, -0.15) is 0 Å². The molecular weight excluding hydrogens is 208 g/mol. The van der Waals surface area contributed by atoms with Crippen LogP contribution in [0.25, 0.3) is 0 Å². The molecule has 1 saturated carbocycles. The number of primary amides is 1. The molecule has 0 aromatic carbocycles. The topological polar surface area (TPSA) is 73.6 Å². The monoisotopic (exact) mass is 230 g/mol. The van der Waals surface area contributed by atoms with E-state index < -0.39 is 6.09 Å².